The maximum absolute atomic E-state index is 5.92. The predicted molar refractivity (Wildman–Crippen MR) is 54.6 cm³/mol. The molecule has 0 aliphatic heterocycles. The highest BCUT2D eigenvalue weighted by atomic mass is 35.5. The van der Waals surface area contributed by atoms with Gasteiger partial charge in [0.1, 0.15) is 11.5 Å². The van der Waals surface area contributed by atoms with E-state index in [1.54, 1.807) is 12.1 Å². The molecule has 1 aromatic carbocycles. The third-order valence-corrected chi connectivity index (χ3v) is 2.74. The Morgan fingerprint density at radius 1 is 1.00 bits per heavy atom. The summed E-state index contributed by atoms with van der Waals surface area (Å²) in [5.41, 5.74) is 0.578. The van der Waals surface area contributed by atoms with Crippen LogP contribution in [0, 0.1) is 0 Å². The fourth-order valence-corrected chi connectivity index (χ4v) is 1.60. The highest BCUT2D eigenvalue weighted by Crippen LogP contribution is 2.31. The molecule has 0 atom stereocenters. The molecule has 13 heavy (non-hydrogen) atoms. The van der Waals surface area contributed by atoms with E-state index in [0.29, 0.717) is 26.1 Å². The van der Waals surface area contributed by atoms with Crippen LogP contribution in [0.3, 0.4) is 0 Å². The molecule has 1 heterocycles. The monoisotopic (exact) mass is 232 g/mol. The summed E-state index contributed by atoms with van der Waals surface area (Å²) < 4.78 is 0. The minimum absolute atomic E-state index is 0.378. The lowest BCUT2D eigenvalue weighted by molar-refractivity contribution is 1.22. The van der Waals surface area contributed by atoms with E-state index in [9.17, 15) is 0 Å². The van der Waals surface area contributed by atoms with Gasteiger partial charge >= 0.3 is 0 Å². The highest BCUT2D eigenvalue weighted by Gasteiger charge is 2.07. The molecule has 5 heteroatoms. The van der Waals surface area contributed by atoms with E-state index in [-0.39, 0.29) is 0 Å². The van der Waals surface area contributed by atoms with Gasteiger partial charge in [-0.3, -0.25) is 0 Å². The van der Waals surface area contributed by atoms with Crippen LogP contribution in [0.25, 0.3) is 10.9 Å². The number of fused-ring (bicyclic) bond motifs is 1. The third-order valence-electron chi connectivity index (χ3n) is 1.65. The summed E-state index contributed by atoms with van der Waals surface area (Å²) in [5.74, 6) is 0. The Kier molecular flexibility index (Phi) is 2.28. The zero-order valence-corrected chi connectivity index (χ0v) is 8.53. The largest absolute Gasteiger partial charge is 0.235 e. The molecule has 0 aliphatic rings. The number of aromatic nitrogens is 2. The van der Waals surface area contributed by atoms with Crippen molar-refractivity contribution in [2.24, 2.45) is 0 Å². The maximum Gasteiger partial charge on any atom is 0.140 e. The normalized spacial score (nSPS) is 10.7. The molecule has 0 aliphatic carbocycles. The van der Waals surface area contributed by atoms with Crippen LogP contribution in [-0.2, 0) is 0 Å². The molecule has 0 amide bonds. The molecule has 0 fully saturated rings. The van der Waals surface area contributed by atoms with Gasteiger partial charge in [-0.15, -0.1) is 0 Å². The number of hydrogen-bond acceptors (Lipinski definition) is 2. The first kappa shape index (κ1) is 9.00. The van der Waals surface area contributed by atoms with Gasteiger partial charge in [0.2, 0.25) is 0 Å². The Morgan fingerprint density at radius 3 is 2.54 bits per heavy atom. The van der Waals surface area contributed by atoms with Crippen LogP contribution in [-0.4, -0.2) is 9.97 Å². The Labute approximate surface area is 89.5 Å². The van der Waals surface area contributed by atoms with Gasteiger partial charge in [0.25, 0.3) is 0 Å². The van der Waals surface area contributed by atoms with Crippen LogP contribution in [0.4, 0.5) is 0 Å². The van der Waals surface area contributed by atoms with Gasteiger partial charge < -0.3 is 0 Å². The van der Waals surface area contributed by atoms with Crippen LogP contribution in [0.2, 0.25) is 15.2 Å². The van der Waals surface area contributed by atoms with Crippen molar-refractivity contribution in [2.75, 3.05) is 0 Å². The summed E-state index contributed by atoms with van der Waals surface area (Å²) in [7, 11) is 0. The fourth-order valence-electron chi connectivity index (χ4n) is 1.04. The Hall–Kier alpha value is -0.570. The van der Waals surface area contributed by atoms with Crippen molar-refractivity contribution in [3.05, 3.63) is 33.7 Å². The first-order valence-electron chi connectivity index (χ1n) is 3.44. The smallest absolute Gasteiger partial charge is 0.140 e. The lowest BCUT2D eigenvalue weighted by atomic mass is 10.2. The van der Waals surface area contributed by atoms with Crippen LogP contribution in [0.1, 0.15) is 0 Å². The molecule has 0 saturated heterocycles. The summed E-state index contributed by atoms with van der Waals surface area (Å²) in [6.45, 7) is 0. The Bertz CT molecular complexity index is 470. The first-order valence-corrected chi connectivity index (χ1v) is 4.58. The van der Waals surface area contributed by atoms with Crippen molar-refractivity contribution in [3.63, 3.8) is 0 Å². The van der Waals surface area contributed by atoms with Gasteiger partial charge in [0.05, 0.1) is 15.6 Å². The minimum Gasteiger partial charge on any atom is -0.235 e. The minimum atomic E-state index is 0.378. The number of benzene rings is 1. The van der Waals surface area contributed by atoms with Crippen molar-refractivity contribution in [1.29, 1.82) is 0 Å². The van der Waals surface area contributed by atoms with E-state index in [0.717, 1.165) is 0 Å². The van der Waals surface area contributed by atoms with Gasteiger partial charge in [-0.2, -0.15) is 0 Å². The lowest BCUT2D eigenvalue weighted by Gasteiger charge is -2.01. The van der Waals surface area contributed by atoms with Crippen molar-refractivity contribution in [2.45, 2.75) is 0 Å². The van der Waals surface area contributed by atoms with Crippen LogP contribution in [0.5, 0.6) is 0 Å². The molecular formula is C8H3Cl3N2. The number of nitrogens with zero attached hydrogens (tertiary/aromatic N) is 2. The second-order valence-corrected chi connectivity index (χ2v) is 3.57. The number of hydrogen-bond donors (Lipinski definition) is 0. The average molecular weight is 233 g/mol. The molecule has 2 aromatic rings. The van der Waals surface area contributed by atoms with Gasteiger partial charge in [0.15, 0.2) is 0 Å². The average Bonchev–Trinajstić information content (AvgIpc) is 2.12. The molecule has 2 nitrogen and oxygen atoms in total. The fraction of sp³-hybridized carbons (Fsp3) is 0. The molecule has 1 aromatic heterocycles. The zero-order chi connectivity index (χ0) is 9.42. The molecular weight excluding hydrogens is 230 g/mol. The van der Waals surface area contributed by atoms with Crippen LogP contribution < -0.4 is 0 Å². The molecule has 0 saturated carbocycles. The quantitative estimate of drug-likeness (QED) is 0.650. The van der Waals surface area contributed by atoms with E-state index in [1.807, 2.05) is 0 Å². The van der Waals surface area contributed by atoms with Gasteiger partial charge in [-0.25, -0.2) is 9.97 Å². The molecule has 0 radical (unpaired) electrons. The van der Waals surface area contributed by atoms with Crippen LogP contribution in [0.15, 0.2) is 18.5 Å². The van der Waals surface area contributed by atoms with E-state index < -0.39 is 0 Å². The SMILES string of the molecule is Clc1ccc2c(Cl)ncnc2c1Cl. The van der Waals surface area contributed by atoms with Crippen molar-refractivity contribution >= 4 is 45.7 Å². The highest BCUT2D eigenvalue weighted by molar-refractivity contribution is 6.45. The summed E-state index contributed by atoms with van der Waals surface area (Å²) in [6.07, 6.45) is 1.35. The van der Waals surface area contributed by atoms with Gasteiger partial charge in [-0.05, 0) is 12.1 Å². The molecule has 0 spiro atoms. The van der Waals surface area contributed by atoms with E-state index in [2.05, 4.69) is 9.97 Å². The molecule has 2 rings (SSSR count). The predicted octanol–water partition coefficient (Wildman–Crippen LogP) is 3.59. The van der Waals surface area contributed by atoms with Gasteiger partial charge in [-0.1, -0.05) is 34.8 Å². The summed E-state index contributed by atoms with van der Waals surface area (Å²) in [4.78, 5) is 7.82. The second kappa shape index (κ2) is 3.29. The van der Waals surface area contributed by atoms with E-state index in [1.165, 1.54) is 6.33 Å². The lowest BCUT2D eigenvalue weighted by Crippen LogP contribution is -1.84. The standard InChI is InChI=1S/C8H3Cl3N2/c9-5-2-1-4-7(6(5)10)12-3-13-8(4)11/h1-3H. The zero-order valence-electron chi connectivity index (χ0n) is 6.26. The molecule has 66 valence electrons. The molecule has 0 N–H and O–H groups in total. The maximum atomic E-state index is 5.92. The van der Waals surface area contributed by atoms with Crippen LogP contribution >= 0.6 is 34.8 Å². The summed E-state index contributed by atoms with van der Waals surface area (Å²) in [6, 6.07) is 3.41. The van der Waals surface area contributed by atoms with E-state index >= 15 is 0 Å². The van der Waals surface area contributed by atoms with Gasteiger partial charge in [0, 0.05) is 5.39 Å². The number of halogens is 3. The second-order valence-electron chi connectivity index (χ2n) is 2.42. The summed E-state index contributed by atoms with van der Waals surface area (Å²) in [5, 5.41) is 1.95. The Balaban J connectivity index is 2.94. The van der Waals surface area contributed by atoms with Crippen molar-refractivity contribution in [1.82, 2.24) is 9.97 Å². The van der Waals surface area contributed by atoms with Crippen molar-refractivity contribution in [3.8, 4) is 0 Å². The molecule has 0 unspecified atom stereocenters. The number of rotatable bonds is 0. The topological polar surface area (TPSA) is 25.8 Å². The first-order chi connectivity index (χ1) is 6.20. The van der Waals surface area contributed by atoms with E-state index in [4.69, 9.17) is 34.8 Å². The Morgan fingerprint density at radius 2 is 1.77 bits per heavy atom. The van der Waals surface area contributed by atoms with Crippen molar-refractivity contribution < 1.29 is 0 Å². The summed E-state index contributed by atoms with van der Waals surface area (Å²) >= 11 is 17.6. The third kappa shape index (κ3) is 1.46. The molecule has 0 bridgehead atoms.